The van der Waals surface area contributed by atoms with Gasteiger partial charge in [0.2, 0.25) is 0 Å². The molecule has 0 heterocycles. The van der Waals surface area contributed by atoms with Crippen molar-refractivity contribution in [3.8, 4) is 0 Å². The van der Waals surface area contributed by atoms with Crippen molar-refractivity contribution >= 4 is 0 Å². The molecule has 2 heteroatoms. The molecule has 0 fully saturated rings. The van der Waals surface area contributed by atoms with E-state index in [1.807, 2.05) is 0 Å². The van der Waals surface area contributed by atoms with Crippen LogP contribution in [0.15, 0.2) is 24.3 Å². The molecule has 0 aromatic heterocycles. The fourth-order valence-corrected chi connectivity index (χ4v) is 1.67. The summed E-state index contributed by atoms with van der Waals surface area (Å²) in [4.78, 5) is 0. The lowest BCUT2D eigenvalue weighted by Crippen LogP contribution is -2.27. The molecule has 0 atom stereocenters. The lowest BCUT2D eigenvalue weighted by molar-refractivity contribution is -0.000710. The van der Waals surface area contributed by atoms with Gasteiger partial charge in [0.25, 0.3) is 0 Å². The summed E-state index contributed by atoms with van der Waals surface area (Å²) in [5.74, 6) is 0. The van der Waals surface area contributed by atoms with E-state index in [1.165, 1.54) is 11.1 Å². The zero-order chi connectivity index (χ0) is 12.7. The molecule has 2 nitrogen and oxygen atoms in total. The summed E-state index contributed by atoms with van der Waals surface area (Å²) in [6, 6.07) is 8.55. The zero-order valence-electron chi connectivity index (χ0n) is 11.5. The van der Waals surface area contributed by atoms with Gasteiger partial charge in [-0.25, -0.2) is 0 Å². The number of benzene rings is 1. The zero-order valence-corrected chi connectivity index (χ0v) is 11.5. The van der Waals surface area contributed by atoms with Gasteiger partial charge < -0.3 is 10.1 Å². The monoisotopic (exact) mass is 235 g/mol. The first-order valence-corrected chi connectivity index (χ1v) is 6.38. The van der Waals surface area contributed by atoms with E-state index in [1.54, 1.807) is 0 Å². The van der Waals surface area contributed by atoms with Crippen molar-refractivity contribution in [1.29, 1.82) is 0 Å². The quantitative estimate of drug-likeness (QED) is 0.765. The molecule has 0 radical (unpaired) electrons. The summed E-state index contributed by atoms with van der Waals surface area (Å²) >= 11 is 0. The molecule has 1 N–H and O–H groups in total. The molecular weight excluding hydrogens is 210 g/mol. The predicted octanol–water partition coefficient (Wildman–Crippen LogP) is 2.94. The molecule has 0 spiro atoms. The van der Waals surface area contributed by atoms with Gasteiger partial charge in [-0.1, -0.05) is 24.3 Å². The largest absolute Gasteiger partial charge is 0.375 e. The first-order valence-electron chi connectivity index (χ1n) is 6.38. The Morgan fingerprint density at radius 1 is 1.12 bits per heavy atom. The van der Waals surface area contributed by atoms with Crippen LogP contribution in [0.3, 0.4) is 0 Å². The highest BCUT2D eigenvalue weighted by atomic mass is 16.5. The summed E-state index contributed by atoms with van der Waals surface area (Å²) < 4.78 is 5.64. The molecule has 1 aromatic rings. The van der Waals surface area contributed by atoms with Crippen LogP contribution in [0, 0.1) is 6.92 Å². The molecule has 0 aliphatic carbocycles. The van der Waals surface area contributed by atoms with Gasteiger partial charge in [0.1, 0.15) is 0 Å². The van der Waals surface area contributed by atoms with Crippen LogP contribution in [-0.2, 0) is 11.2 Å². The molecule has 96 valence electrons. The minimum Gasteiger partial charge on any atom is -0.375 e. The maximum atomic E-state index is 5.64. The number of nitrogens with one attached hydrogen (secondary N) is 1. The average Bonchev–Trinajstić information content (AvgIpc) is 2.24. The van der Waals surface area contributed by atoms with Crippen molar-refractivity contribution in [1.82, 2.24) is 5.32 Å². The Kier molecular flexibility index (Phi) is 5.66. The van der Waals surface area contributed by atoms with Crippen LogP contribution in [0.1, 0.15) is 31.9 Å². The number of hydrogen-bond acceptors (Lipinski definition) is 2. The van der Waals surface area contributed by atoms with Crippen molar-refractivity contribution in [2.45, 2.75) is 39.7 Å². The third-order valence-electron chi connectivity index (χ3n) is 2.65. The normalized spacial score (nSPS) is 11.8. The molecule has 1 rings (SSSR count). The van der Waals surface area contributed by atoms with E-state index >= 15 is 0 Å². The second-order valence-corrected chi connectivity index (χ2v) is 5.39. The molecule has 0 saturated carbocycles. The third-order valence-corrected chi connectivity index (χ3v) is 2.65. The second-order valence-electron chi connectivity index (χ2n) is 5.39. The molecule has 0 aliphatic rings. The molecule has 0 bridgehead atoms. The van der Waals surface area contributed by atoms with E-state index in [0.29, 0.717) is 0 Å². The van der Waals surface area contributed by atoms with E-state index < -0.39 is 0 Å². The number of aryl methyl sites for hydroxylation is 1. The van der Waals surface area contributed by atoms with Crippen molar-refractivity contribution in [2.75, 3.05) is 19.7 Å². The first-order chi connectivity index (χ1) is 7.99. The Balaban J connectivity index is 2.11. The Morgan fingerprint density at radius 2 is 1.82 bits per heavy atom. The lowest BCUT2D eigenvalue weighted by Gasteiger charge is -2.19. The van der Waals surface area contributed by atoms with Crippen molar-refractivity contribution < 1.29 is 4.74 Å². The summed E-state index contributed by atoms with van der Waals surface area (Å²) in [7, 11) is 0. The van der Waals surface area contributed by atoms with Gasteiger partial charge in [-0.3, -0.25) is 0 Å². The van der Waals surface area contributed by atoms with Crippen molar-refractivity contribution in [3.05, 3.63) is 35.4 Å². The van der Waals surface area contributed by atoms with Gasteiger partial charge in [-0.15, -0.1) is 0 Å². The van der Waals surface area contributed by atoms with E-state index in [4.69, 9.17) is 4.74 Å². The van der Waals surface area contributed by atoms with E-state index in [9.17, 15) is 0 Å². The smallest absolute Gasteiger partial charge is 0.0599 e. The maximum Gasteiger partial charge on any atom is 0.0599 e. The van der Waals surface area contributed by atoms with Crippen LogP contribution in [0.2, 0.25) is 0 Å². The summed E-state index contributed by atoms with van der Waals surface area (Å²) in [5.41, 5.74) is 2.77. The minimum atomic E-state index is -0.0301. The third kappa shape index (κ3) is 6.44. The SMILES string of the molecule is Cc1ccccc1CCNCCOC(C)(C)C. The summed E-state index contributed by atoms with van der Waals surface area (Å²) in [6.45, 7) is 11.1. The fraction of sp³-hybridized carbons (Fsp3) is 0.600. The molecule has 0 unspecified atom stereocenters. The second kappa shape index (κ2) is 6.77. The molecule has 0 saturated heterocycles. The molecular formula is C15H25NO. The number of hydrogen-bond donors (Lipinski definition) is 1. The molecule has 1 aromatic carbocycles. The van der Waals surface area contributed by atoms with Gasteiger partial charge in [0.15, 0.2) is 0 Å². The van der Waals surface area contributed by atoms with Gasteiger partial charge in [0.05, 0.1) is 12.2 Å². The van der Waals surface area contributed by atoms with Crippen molar-refractivity contribution in [3.63, 3.8) is 0 Å². The highest BCUT2D eigenvalue weighted by molar-refractivity contribution is 5.25. The number of ether oxygens (including phenoxy) is 1. The van der Waals surface area contributed by atoms with E-state index in [2.05, 4.69) is 57.3 Å². The van der Waals surface area contributed by atoms with Crippen LogP contribution >= 0.6 is 0 Å². The minimum absolute atomic E-state index is 0.0301. The summed E-state index contributed by atoms with van der Waals surface area (Å²) in [5, 5.41) is 3.41. The van der Waals surface area contributed by atoms with Crippen molar-refractivity contribution in [2.24, 2.45) is 0 Å². The summed E-state index contributed by atoms with van der Waals surface area (Å²) in [6.07, 6.45) is 1.09. The van der Waals surface area contributed by atoms with E-state index in [0.717, 1.165) is 26.1 Å². The fourth-order valence-electron chi connectivity index (χ4n) is 1.67. The maximum absolute atomic E-state index is 5.64. The Hall–Kier alpha value is -0.860. The highest BCUT2D eigenvalue weighted by Crippen LogP contribution is 2.07. The van der Waals surface area contributed by atoms with Crippen LogP contribution in [0.4, 0.5) is 0 Å². The number of rotatable bonds is 6. The molecule has 0 aliphatic heterocycles. The van der Waals surface area contributed by atoms with Crippen LogP contribution in [0.5, 0.6) is 0 Å². The van der Waals surface area contributed by atoms with Crippen LogP contribution in [-0.4, -0.2) is 25.3 Å². The lowest BCUT2D eigenvalue weighted by atomic mass is 10.1. The molecule has 17 heavy (non-hydrogen) atoms. The standard InChI is InChI=1S/C15H25NO/c1-13-7-5-6-8-14(13)9-10-16-11-12-17-15(2,3)4/h5-8,16H,9-12H2,1-4H3. The topological polar surface area (TPSA) is 21.3 Å². The van der Waals surface area contributed by atoms with Crippen LogP contribution in [0.25, 0.3) is 0 Å². The van der Waals surface area contributed by atoms with Gasteiger partial charge in [-0.05, 0) is 51.8 Å². The van der Waals surface area contributed by atoms with Gasteiger partial charge >= 0.3 is 0 Å². The predicted molar refractivity (Wildman–Crippen MR) is 73.5 cm³/mol. The first kappa shape index (κ1) is 14.2. The van der Waals surface area contributed by atoms with Gasteiger partial charge in [-0.2, -0.15) is 0 Å². The highest BCUT2D eigenvalue weighted by Gasteiger charge is 2.08. The Morgan fingerprint density at radius 3 is 2.47 bits per heavy atom. The van der Waals surface area contributed by atoms with Crippen LogP contribution < -0.4 is 5.32 Å². The van der Waals surface area contributed by atoms with E-state index in [-0.39, 0.29) is 5.60 Å². The Bertz CT molecular complexity index is 328. The van der Waals surface area contributed by atoms with Gasteiger partial charge in [0, 0.05) is 6.54 Å². The average molecular weight is 235 g/mol. The molecule has 0 amide bonds. The Labute approximate surface area is 105 Å².